The second-order valence-electron chi connectivity index (χ2n) is 6.23. The van der Waals surface area contributed by atoms with Gasteiger partial charge in [0.15, 0.2) is 0 Å². The highest BCUT2D eigenvalue weighted by Gasteiger charge is 2.43. The molecule has 0 spiro atoms. The topological polar surface area (TPSA) is 55.1 Å². The molecule has 1 saturated carbocycles. The molecule has 1 aromatic rings. The maximum absolute atomic E-state index is 12.3. The predicted molar refractivity (Wildman–Crippen MR) is 75.8 cm³/mol. The van der Waals surface area contributed by atoms with E-state index in [1.807, 2.05) is 6.92 Å². The van der Waals surface area contributed by atoms with Crippen LogP contribution in [0.3, 0.4) is 0 Å². The molecule has 0 aromatic heterocycles. The molecule has 3 N–H and O–H groups in total. The molecule has 3 rings (SSSR count). The number of carbonyl (C=O) groups is 1. The number of hydrogen-bond acceptors (Lipinski definition) is 2. The lowest BCUT2D eigenvalue weighted by Gasteiger charge is -2.33. The molecule has 0 radical (unpaired) electrons. The fourth-order valence-corrected chi connectivity index (χ4v) is 3.44. The smallest absolute Gasteiger partial charge is 0.227 e. The number of hydrogen-bond donors (Lipinski definition) is 2. The van der Waals surface area contributed by atoms with Crippen LogP contribution in [0.4, 0.5) is 0 Å². The zero-order chi connectivity index (χ0) is 13.5. The van der Waals surface area contributed by atoms with Gasteiger partial charge in [-0.05, 0) is 37.3 Å². The molecule has 0 heterocycles. The monoisotopic (exact) mass is 258 g/mol. The Hall–Kier alpha value is -1.35. The fourth-order valence-electron chi connectivity index (χ4n) is 3.44. The van der Waals surface area contributed by atoms with Crippen molar-refractivity contribution < 1.29 is 4.79 Å². The minimum Gasteiger partial charge on any atom is -0.355 e. The molecule has 1 amide bonds. The summed E-state index contributed by atoms with van der Waals surface area (Å²) >= 11 is 0. The van der Waals surface area contributed by atoms with Crippen molar-refractivity contribution >= 4 is 5.91 Å². The Bertz CT molecular complexity index is 499. The number of rotatable bonds is 3. The number of carbonyl (C=O) groups excluding carboxylic acids is 1. The molecule has 0 aliphatic heterocycles. The van der Waals surface area contributed by atoms with Crippen molar-refractivity contribution in [3.05, 3.63) is 35.4 Å². The van der Waals surface area contributed by atoms with E-state index >= 15 is 0 Å². The highest BCUT2D eigenvalue weighted by Crippen LogP contribution is 2.38. The largest absolute Gasteiger partial charge is 0.355 e. The first-order valence-corrected chi connectivity index (χ1v) is 7.23. The third kappa shape index (κ3) is 2.06. The molecular weight excluding hydrogens is 236 g/mol. The third-order valence-electron chi connectivity index (χ3n) is 5.02. The van der Waals surface area contributed by atoms with Gasteiger partial charge in [-0.2, -0.15) is 0 Å². The number of fused-ring (bicyclic) bond motifs is 1. The highest BCUT2D eigenvalue weighted by atomic mass is 16.2. The van der Waals surface area contributed by atoms with Gasteiger partial charge in [0.1, 0.15) is 0 Å². The van der Waals surface area contributed by atoms with Crippen molar-refractivity contribution in [3.8, 4) is 0 Å². The maximum Gasteiger partial charge on any atom is 0.227 e. The van der Waals surface area contributed by atoms with Crippen LogP contribution in [0.2, 0.25) is 0 Å². The van der Waals surface area contributed by atoms with Crippen LogP contribution in [-0.4, -0.2) is 18.5 Å². The molecule has 2 aliphatic carbocycles. The first-order valence-electron chi connectivity index (χ1n) is 7.23. The Labute approximate surface area is 114 Å². The van der Waals surface area contributed by atoms with Crippen molar-refractivity contribution in [1.29, 1.82) is 0 Å². The van der Waals surface area contributed by atoms with Crippen molar-refractivity contribution in [2.24, 2.45) is 11.1 Å². The lowest BCUT2D eigenvalue weighted by atomic mass is 9.77. The summed E-state index contributed by atoms with van der Waals surface area (Å²) in [6.45, 7) is 2.76. The van der Waals surface area contributed by atoms with Crippen molar-refractivity contribution in [1.82, 2.24) is 5.32 Å². The van der Waals surface area contributed by atoms with E-state index in [-0.39, 0.29) is 17.4 Å². The average molecular weight is 258 g/mol. The van der Waals surface area contributed by atoms with E-state index < -0.39 is 0 Å². The standard InChI is InChI=1S/C16H22N2O/c1-16(8-4-7-14(16)17)15(19)18-10-12-9-11-5-2-3-6-13(11)12/h2-3,5-6,12,14H,4,7-10,17H2,1H3,(H,18,19). The SMILES string of the molecule is CC1(C(=O)NCC2Cc3ccccc32)CCCC1N. The summed E-state index contributed by atoms with van der Waals surface area (Å²) in [4.78, 5) is 12.3. The van der Waals surface area contributed by atoms with Crippen LogP contribution in [0.1, 0.15) is 43.2 Å². The van der Waals surface area contributed by atoms with Crippen molar-refractivity contribution in [2.45, 2.75) is 44.6 Å². The fraction of sp³-hybridized carbons (Fsp3) is 0.562. The summed E-state index contributed by atoms with van der Waals surface area (Å²) < 4.78 is 0. The quantitative estimate of drug-likeness (QED) is 0.870. The van der Waals surface area contributed by atoms with Crippen molar-refractivity contribution in [2.75, 3.05) is 6.54 Å². The lowest BCUT2D eigenvalue weighted by molar-refractivity contribution is -0.130. The van der Waals surface area contributed by atoms with Gasteiger partial charge in [0.25, 0.3) is 0 Å². The second kappa shape index (κ2) is 4.64. The number of nitrogens with two attached hydrogens (primary N) is 1. The van der Waals surface area contributed by atoms with Gasteiger partial charge in [0, 0.05) is 18.5 Å². The van der Waals surface area contributed by atoms with Crippen LogP contribution >= 0.6 is 0 Å². The van der Waals surface area contributed by atoms with E-state index in [2.05, 4.69) is 29.6 Å². The van der Waals surface area contributed by atoms with Crippen LogP contribution in [0.25, 0.3) is 0 Å². The molecule has 102 valence electrons. The minimum atomic E-state index is -0.358. The molecule has 1 fully saturated rings. The highest BCUT2D eigenvalue weighted by molar-refractivity contribution is 5.83. The van der Waals surface area contributed by atoms with Gasteiger partial charge in [-0.15, -0.1) is 0 Å². The maximum atomic E-state index is 12.3. The Balaban J connectivity index is 1.58. The molecule has 0 saturated heterocycles. The zero-order valence-corrected chi connectivity index (χ0v) is 11.5. The van der Waals surface area contributed by atoms with E-state index in [9.17, 15) is 4.79 Å². The zero-order valence-electron chi connectivity index (χ0n) is 11.5. The Morgan fingerprint density at radius 2 is 2.26 bits per heavy atom. The van der Waals surface area contributed by atoms with Crippen LogP contribution < -0.4 is 11.1 Å². The Kier molecular flexibility index (Phi) is 3.09. The van der Waals surface area contributed by atoms with Gasteiger partial charge in [-0.25, -0.2) is 0 Å². The molecule has 19 heavy (non-hydrogen) atoms. The molecule has 0 bridgehead atoms. The van der Waals surface area contributed by atoms with E-state index in [1.54, 1.807) is 0 Å². The van der Waals surface area contributed by atoms with Gasteiger partial charge in [0.05, 0.1) is 5.41 Å². The van der Waals surface area contributed by atoms with Gasteiger partial charge in [0.2, 0.25) is 5.91 Å². The van der Waals surface area contributed by atoms with Gasteiger partial charge >= 0.3 is 0 Å². The van der Waals surface area contributed by atoms with Gasteiger partial charge in [-0.3, -0.25) is 4.79 Å². The third-order valence-corrected chi connectivity index (χ3v) is 5.02. The van der Waals surface area contributed by atoms with Crippen LogP contribution in [0, 0.1) is 5.41 Å². The van der Waals surface area contributed by atoms with E-state index in [1.165, 1.54) is 11.1 Å². The summed E-state index contributed by atoms with van der Waals surface area (Å²) in [5.74, 6) is 0.628. The summed E-state index contributed by atoms with van der Waals surface area (Å²) in [5, 5.41) is 3.12. The van der Waals surface area contributed by atoms with Crippen molar-refractivity contribution in [3.63, 3.8) is 0 Å². The minimum absolute atomic E-state index is 0.0150. The van der Waals surface area contributed by atoms with Crippen LogP contribution in [0.5, 0.6) is 0 Å². The summed E-state index contributed by atoms with van der Waals surface area (Å²) in [6, 6.07) is 8.49. The average Bonchev–Trinajstić information content (AvgIpc) is 2.72. The number of benzene rings is 1. The number of amides is 1. The van der Waals surface area contributed by atoms with E-state index in [4.69, 9.17) is 5.73 Å². The molecule has 3 nitrogen and oxygen atoms in total. The molecule has 3 unspecified atom stereocenters. The van der Waals surface area contributed by atoms with Crippen LogP contribution in [-0.2, 0) is 11.2 Å². The van der Waals surface area contributed by atoms with E-state index in [0.29, 0.717) is 5.92 Å². The predicted octanol–water partition coefficient (Wildman–Crippen LogP) is 1.96. The molecule has 1 aromatic carbocycles. The second-order valence-corrected chi connectivity index (χ2v) is 6.23. The first kappa shape index (κ1) is 12.7. The first-order chi connectivity index (χ1) is 9.11. The summed E-state index contributed by atoms with van der Waals surface area (Å²) in [6.07, 6.45) is 4.04. The molecule has 3 atom stereocenters. The van der Waals surface area contributed by atoms with Crippen LogP contribution in [0.15, 0.2) is 24.3 Å². The Morgan fingerprint density at radius 1 is 1.47 bits per heavy atom. The summed E-state index contributed by atoms with van der Waals surface area (Å²) in [5.41, 5.74) is 8.54. The summed E-state index contributed by atoms with van der Waals surface area (Å²) in [7, 11) is 0. The molecular formula is C16H22N2O. The van der Waals surface area contributed by atoms with Gasteiger partial charge < -0.3 is 11.1 Å². The normalized spacial score (nSPS) is 32.5. The molecule has 2 aliphatic rings. The Morgan fingerprint density at radius 3 is 2.95 bits per heavy atom. The van der Waals surface area contributed by atoms with E-state index in [0.717, 1.165) is 32.2 Å². The van der Waals surface area contributed by atoms with Gasteiger partial charge in [-0.1, -0.05) is 30.7 Å². The lowest BCUT2D eigenvalue weighted by Crippen LogP contribution is -2.48. The number of nitrogens with one attached hydrogen (secondary N) is 1. The molecule has 3 heteroatoms.